The highest BCUT2D eigenvalue weighted by atomic mass is 19.4. The van der Waals surface area contributed by atoms with E-state index in [9.17, 15) is 26.3 Å². The highest BCUT2D eigenvalue weighted by molar-refractivity contribution is 5.33. The molecule has 86 valence electrons. The summed E-state index contributed by atoms with van der Waals surface area (Å²) in [5, 5.41) is 1.36. The Bertz CT molecular complexity index is 294. The molecule has 1 nitrogen and oxygen atoms in total. The Morgan fingerprint density at radius 2 is 1.53 bits per heavy atom. The van der Waals surface area contributed by atoms with Crippen molar-refractivity contribution >= 4 is 0 Å². The zero-order valence-electron chi connectivity index (χ0n) is 7.50. The molecule has 0 amide bonds. The monoisotopic (exact) mass is 231 g/mol. The average Bonchev–Trinajstić information content (AvgIpc) is 2.00. The van der Waals surface area contributed by atoms with E-state index in [4.69, 9.17) is 0 Å². The SMILES string of the molecule is CC1=CC=CNC1(C(F)(F)F)C(F)(F)F. The summed E-state index contributed by atoms with van der Waals surface area (Å²) in [7, 11) is 0. The number of nitrogens with one attached hydrogen (secondary N) is 1. The number of hydrogen-bond donors (Lipinski definition) is 1. The van der Waals surface area contributed by atoms with Gasteiger partial charge in [-0.3, -0.25) is 0 Å². The lowest BCUT2D eigenvalue weighted by atomic mass is 9.87. The summed E-state index contributed by atoms with van der Waals surface area (Å²) in [5.41, 5.74) is -4.79. The Balaban J connectivity index is 3.34. The van der Waals surface area contributed by atoms with E-state index < -0.39 is 23.5 Å². The third-order valence-electron chi connectivity index (χ3n) is 2.18. The lowest BCUT2D eigenvalue weighted by Gasteiger charge is -2.39. The molecule has 0 radical (unpaired) electrons. The number of rotatable bonds is 0. The fourth-order valence-electron chi connectivity index (χ4n) is 1.38. The molecule has 1 heterocycles. The zero-order chi connectivity index (χ0) is 11.9. The van der Waals surface area contributed by atoms with Gasteiger partial charge in [0.2, 0.25) is 0 Å². The van der Waals surface area contributed by atoms with Crippen molar-refractivity contribution in [3.8, 4) is 0 Å². The Labute approximate surface area is 81.5 Å². The number of dihydropyridines is 1. The smallest absolute Gasteiger partial charge is 0.367 e. The minimum atomic E-state index is -5.43. The topological polar surface area (TPSA) is 12.0 Å². The Kier molecular flexibility index (Phi) is 2.53. The van der Waals surface area contributed by atoms with E-state index in [1.807, 2.05) is 0 Å². The molecule has 1 N–H and O–H groups in total. The van der Waals surface area contributed by atoms with E-state index in [0.717, 1.165) is 19.1 Å². The molecule has 7 heteroatoms. The second-order valence-electron chi connectivity index (χ2n) is 3.10. The van der Waals surface area contributed by atoms with Crippen molar-refractivity contribution in [1.82, 2.24) is 5.32 Å². The predicted molar refractivity (Wildman–Crippen MR) is 40.9 cm³/mol. The van der Waals surface area contributed by atoms with Gasteiger partial charge < -0.3 is 5.32 Å². The van der Waals surface area contributed by atoms with E-state index in [-0.39, 0.29) is 0 Å². The largest absolute Gasteiger partial charge is 0.424 e. The molecule has 1 aliphatic heterocycles. The van der Waals surface area contributed by atoms with E-state index in [0.29, 0.717) is 6.20 Å². The summed E-state index contributed by atoms with van der Waals surface area (Å²) in [6.07, 6.45) is -8.36. The summed E-state index contributed by atoms with van der Waals surface area (Å²) in [4.78, 5) is 0. The zero-order valence-corrected chi connectivity index (χ0v) is 7.50. The summed E-state index contributed by atoms with van der Waals surface area (Å²) in [6.45, 7) is 0.789. The molecular formula is C8H7F6N. The molecule has 0 atom stereocenters. The summed E-state index contributed by atoms with van der Waals surface area (Å²) in [6, 6.07) is 0. The molecule has 0 aromatic rings. The first-order valence-electron chi connectivity index (χ1n) is 3.88. The van der Waals surface area contributed by atoms with Crippen LogP contribution in [0.3, 0.4) is 0 Å². The lowest BCUT2D eigenvalue weighted by Crippen LogP contribution is -2.66. The van der Waals surface area contributed by atoms with Crippen LogP contribution in [-0.2, 0) is 0 Å². The molecule has 0 bridgehead atoms. The van der Waals surface area contributed by atoms with E-state index in [1.165, 1.54) is 5.32 Å². The van der Waals surface area contributed by atoms with Gasteiger partial charge in [-0.1, -0.05) is 6.08 Å². The second kappa shape index (κ2) is 3.18. The average molecular weight is 231 g/mol. The standard InChI is InChI=1S/C8H7F6N/c1-5-3-2-4-15-6(5,7(9,10)11)8(12,13)14/h2-4,15H,1H3. The van der Waals surface area contributed by atoms with Crippen molar-refractivity contribution in [3.63, 3.8) is 0 Å². The second-order valence-corrected chi connectivity index (χ2v) is 3.10. The summed E-state index contributed by atoms with van der Waals surface area (Å²) in [5.74, 6) is 0. The van der Waals surface area contributed by atoms with Gasteiger partial charge in [-0.15, -0.1) is 0 Å². The number of hydrogen-bond acceptors (Lipinski definition) is 1. The maximum absolute atomic E-state index is 12.5. The van der Waals surface area contributed by atoms with Crippen LogP contribution in [0.4, 0.5) is 26.3 Å². The maximum Gasteiger partial charge on any atom is 0.424 e. The first-order chi connectivity index (χ1) is 6.63. The molecule has 0 aromatic heterocycles. The maximum atomic E-state index is 12.5. The van der Waals surface area contributed by atoms with Gasteiger partial charge >= 0.3 is 12.4 Å². The predicted octanol–water partition coefficient (Wildman–Crippen LogP) is 2.91. The van der Waals surface area contributed by atoms with Gasteiger partial charge in [-0.25, -0.2) is 0 Å². The third-order valence-corrected chi connectivity index (χ3v) is 2.18. The van der Waals surface area contributed by atoms with Crippen molar-refractivity contribution < 1.29 is 26.3 Å². The normalized spacial score (nSPS) is 20.9. The molecular weight excluding hydrogens is 224 g/mol. The van der Waals surface area contributed by atoms with Gasteiger partial charge in [0, 0.05) is 0 Å². The molecule has 1 rings (SSSR count). The Morgan fingerprint density at radius 3 is 1.80 bits per heavy atom. The van der Waals surface area contributed by atoms with E-state index >= 15 is 0 Å². The molecule has 1 aliphatic rings. The van der Waals surface area contributed by atoms with Crippen LogP contribution in [0.1, 0.15) is 6.92 Å². The van der Waals surface area contributed by atoms with Crippen molar-refractivity contribution in [1.29, 1.82) is 0 Å². The molecule has 15 heavy (non-hydrogen) atoms. The van der Waals surface area contributed by atoms with Crippen molar-refractivity contribution in [2.45, 2.75) is 24.8 Å². The van der Waals surface area contributed by atoms with Gasteiger partial charge in [-0.05, 0) is 24.8 Å². The van der Waals surface area contributed by atoms with Crippen LogP contribution in [0, 0.1) is 0 Å². The first kappa shape index (κ1) is 11.9. The Morgan fingerprint density at radius 1 is 1.07 bits per heavy atom. The first-order valence-corrected chi connectivity index (χ1v) is 3.88. The van der Waals surface area contributed by atoms with Gasteiger partial charge in [0.15, 0.2) is 0 Å². The van der Waals surface area contributed by atoms with Crippen LogP contribution in [0.2, 0.25) is 0 Å². The molecule has 0 saturated carbocycles. The van der Waals surface area contributed by atoms with Crippen molar-refractivity contribution in [3.05, 3.63) is 23.9 Å². The number of allylic oxidation sites excluding steroid dienone is 2. The van der Waals surface area contributed by atoms with Gasteiger partial charge in [-0.2, -0.15) is 26.3 Å². The van der Waals surface area contributed by atoms with Crippen LogP contribution in [0.25, 0.3) is 0 Å². The van der Waals surface area contributed by atoms with E-state index in [1.54, 1.807) is 0 Å². The molecule has 0 spiro atoms. The lowest BCUT2D eigenvalue weighted by molar-refractivity contribution is -0.291. The van der Waals surface area contributed by atoms with Gasteiger partial charge in [0.1, 0.15) is 0 Å². The number of alkyl halides is 6. The van der Waals surface area contributed by atoms with E-state index in [2.05, 4.69) is 0 Å². The van der Waals surface area contributed by atoms with Gasteiger partial charge in [0.25, 0.3) is 5.54 Å². The third kappa shape index (κ3) is 1.59. The van der Waals surface area contributed by atoms with Crippen LogP contribution in [0.15, 0.2) is 23.9 Å². The minimum absolute atomic E-state index is 0.633. The summed E-state index contributed by atoms with van der Waals surface area (Å²) < 4.78 is 74.9. The molecule has 0 saturated heterocycles. The summed E-state index contributed by atoms with van der Waals surface area (Å²) >= 11 is 0. The molecule has 0 fully saturated rings. The van der Waals surface area contributed by atoms with Crippen molar-refractivity contribution in [2.75, 3.05) is 0 Å². The van der Waals surface area contributed by atoms with Crippen LogP contribution in [0.5, 0.6) is 0 Å². The molecule has 0 aromatic carbocycles. The molecule has 0 aliphatic carbocycles. The van der Waals surface area contributed by atoms with Crippen LogP contribution < -0.4 is 5.32 Å². The quantitative estimate of drug-likeness (QED) is 0.632. The van der Waals surface area contributed by atoms with Crippen LogP contribution >= 0.6 is 0 Å². The van der Waals surface area contributed by atoms with Crippen molar-refractivity contribution in [2.24, 2.45) is 0 Å². The number of halogens is 6. The fourth-order valence-corrected chi connectivity index (χ4v) is 1.38. The molecule has 0 unspecified atom stereocenters. The van der Waals surface area contributed by atoms with Crippen LogP contribution in [-0.4, -0.2) is 17.9 Å². The highest BCUT2D eigenvalue weighted by Crippen LogP contribution is 2.48. The highest BCUT2D eigenvalue weighted by Gasteiger charge is 2.72. The fraction of sp³-hybridized carbons (Fsp3) is 0.500. The minimum Gasteiger partial charge on any atom is -0.367 e. The Hall–Kier alpha value is -1.14. The van der Waals surface area contributed by atoms with Gasteiger partial charge in [0.05, 0.1) is 0 Å².